The van der Waals surface area contributed by atoms with Gasteiger partial charge < -0.3 is 5.73 Å². The Morgan fingerprint density at radius 1 is 1.43 bits per heavy atom. The molecule has 4 nitrogen and oxygen atoms in total. The molecule has 0 saturated heterocycles. The highest BCUT2D eigenvalue weighted by Crippen LogP contribution is 2.28. The summed E-state index contributed by atoms with van der Waals surface area (Å²) in [6.07, 6.45) is 1.55. The summed E-state index contributed by atoms with van der Waals surface area (Å²) in [5, 5.41) is 7.04. The second-order valence-electron chi connectivity index (χ2n) is 2.99. The van der Waals surface area contributed by atoms with Crippen molar-refractivity contribution in [3.05, 3.63) is 29.2 Å². The highest BCUT2D eigenvalue weighted by Gasteiger charge is 2.09. The van der Waals surface area contributed by atoms with E-state index in [1.807, 2.05) is 19.1 Å². The molecule has 2 aromatic rings. The van der Waals surface area contributed by atoms with Gasteiger partial charge in [-0.2, -0.15) is 5.10 Å². The van der Waals surface area contributed by atoms with E-state index in [-0.39, 0.29) is 0 Å². The van der Waals surface area contributed by atoms with E-state index in [0.717, 1.165) is 11.3 Å². The lowest BCUT2D eigenvalue weighted by Crippen LogP contribution is -1.90. The predicted molar refractivity (Wildman–Crippen MR) is 56.0 cm³/mol. The molecule has 0 aliphatic rings. The van der Waals surface area contributed by atoms with Gasteiger partial charge in [-0.05, 0) is 19.1 Å². The van der Waals surface area contributed by atoms with Crippen molar-refractivity contribution < 1.29 is 0 Å². The summed E-state index contributed by atoms with van der Waals surface area (Å²) < 4.78 is 0. The summed E-state index contributed by atoms with van der Waals surface area (Å²) in [5.74, 6) is 0. The SMILES string of the molecule is Cc1ccc(-c2[nH]ncc2N)c(Cl)n1. The van der Waals surface area contributed by atoms with E-state index in [4.69, 9.17) is 17.3 Å². The van der Waals surface area contributed by atoms with Crippen molar-refractivity contribution in [3.63, 3.8) is 0 Å². The average Bonchev–Trinajstić information content (AvgIpc) is 2.52. The largest absolute Gasteiger partial charge is 0.396 e. The van der Waals surface area contributed by atoms with Gasteiger partial charge in [-0.3, -0.25) is 5.10 Å². The number of nitrogens with zero attached hydrogens (tertiary/aromatic N) is 2. The van der Waals surface area contributed by atoms with Crippen LogP contribution in [0.1, 0.15) is 5.69 Å². The molecule has 5 heteroatoms. The van der Waals surface area contributed by atoms with Crippen molar-refractivity contribution in [2.45, 2.75) is 6.92 Å². The van der Waals surface area contributed by atoms with E-state index in [1.54, 1.807) is 6.20 Å². The number of aromatic amines is 1. The standard InChI is InChI=1S/C9H9ClN4/c1-5-2-3-6(9(10)13-5)8-7(11)4-12-14-8/h2-4H,11H2,1H3,(H,12,14). The van der Waals surface area contributed by atoms with Gasteiger partial charge in [0.2, 0.25) is 0 Å². The first-order chi connectivity index (χ1) is 6.68. The van der Waals surface area contributed by atoms with E-state index in [2.05, 4.69) is 15.2 Å². The fraction of sp³-hybridized carbons (Fsp3) is 0.111. The summed E-state index contributed by atoms with van der Waals surface area (Å²) in [6.45, 7) is 1.88. The Morgan fingerprint density at radius 3 is 2.79 bits per heavy atom. The van der Waals surface area contributed by atoms with Crippen molar-refractivity contribution in [1.29, 1.82) is 0 Å². The topological polar surface area (TPSA) is 67.6 Å². The van der Waals surface area contributed by atoms with Crippen molar-refractivity contribution >= 4 is 17.3 Å². The lowest BCUT2D eigenvalue weighted by atomic mass is 10.2. The molecule has 2 heterocycles. The normalized spacial score (nSPS) is 10.4. The number of anilines is 1. The first kappa shape index (κ1) is 9.02. The number of nitrogens with one attached hydrogen (secondary N) is 1. The molecule has 0 fully saturated rings. The Hall–Kier alpha value is -1.55. The van der Waals surface area contributed by atoms with Crippen LogP contribution in [0.25, 0.3) is 11.3 Å². The number of nitrogen functional groups attached to an aromatic ring is 1. The summed E-state index contributed by atoms with van der Waals surface area (Å²) in [4.78, 5) is 4.13. The van der Waals surface area contributed by atoms with Crippen LogP contribution in [0.4, 0.5) is 5.69 Å². The van der Waals surface area contributed by atoms with E-state index in [1.165, 1.54) is 0 Å². The Morgan fingerprint density at radius 2 is 2.21 bits per heavy atom. The predicted octanol–water partition coefficient (Wildman–Crippen LogP) is 2.02. The third-order valence-electron chi connectivity index (χ3n) is 1.93. The molecule has 0 radical (unpaired) electrons. The summed E-state index contributed by atoms with van der Waals surface area (Å²) >= 11 is 5.98. The molecule has 0 spiro atoms. The van der Waals surface area contributed by atoms with Gasteiger partial charge in [0.15, 0.2) is 0 Å². The first-order valence-corrected chi connectivity index (χ1v) is 4.48. The second kappa shape index (κ2) is 3.31. The zero-order valence-corrected chi connectivity index (χ0v) is 8.34. The minimum atomic E-state index is 0.431. The average molecular weight is 209 g/mol. The van der Waals surface area contributed by atoms with Crippen LogP contribution >= 0.6 is 11.6 Å². The van der Waals surface area contributed by atoms with Gasteiger partial charge in [0.05, 0.1) is 17.6 Å². The van der Waals surface area contributed by atoms with Gasteiger partial charge in [0.1, 0.15) is 5.15 Å². The van der Waals surface area contributed by atoms with Crippen molar-refractivity contribution in [3.8, 4) is 11.3 Å². The number of hydrogen-bond acceptors (Lipinski definition) is 3. The molecule has 0 aromatic carbocycles. The maximum Gasteiger partial charge on any atom is 0.138 e. The Bertz CT molecular complexity index is 464. The van der Waals surface area contributed by atoms with Crippen LogP contribution in [0.2, 0.25) is 5.15 Å². The summed E-state index contributed by atoms with van der Waals surface area (Å²) in [6, 6.07) is 3.75. The third kappa shape index (κ3) is 1.44. The molecule has 0 amide bonds. The number of rotatable bonds is 1. The summed E-state index contributed by atoms with van der Waals surface area (Å²) in [5.41, 5.74) is 8.62. The number of aryl methyl sites for hydroxylation is 1. The maximum atomic E-state index is 5.98. The summed E-state index contributed by atoms with van der Waals surface area (Å²) in [7, 11) is 0. The van der Waals surface area contributed by atoms with Crippen LogP contribution in [0.15, 0.2) is 18.3 Å². The zero-order chi connectivity index (χ0) is 10.1. The van der Waals surface area contributed by atoms with Crippen molar-refractivity contribution in [2.24, 2.45) is 0 Å². The number of halogens is 1. The fourth-order valence-electron chi connectivity index (χ4n) is 1.22. The van der Waals surface area contributed by atoms with Crippen molar-refractivity contribution in [2.75, 3.05) is 5.73 Å². The smallest absolute Gasteiger partial charge is 0.138 e. The highest BCUT2D eigenvalue weighted by atomic mass is 35.5. The third-order valence-corrected chi connectivity index (χ3v) is 2.21. The Labute approximate surface area is 86.1 Å². The fourth-order valence-corrected chi connectivity index (χ4v) is 1.51. The molecule has 0 saturated carbocycles. The van der Waals surface area contributed by atoms with Crippen LogP contribution < -0.4 is 5.73 Å². The Kier molecular flexibility index (Phi) is 2.13. The van der Waals surface area contributed by atoms with E-state index in [9.17, 15) is 0 Å². The molecule has 72 valence electrons. The lowest BCUT2D eigenvalue weighted by molar-refractivity contribution is 1.09. The number of aromatic nitrogens is 3. The number of pyridine rings is 1. The zero-order valence-electron chi connectivity index (χ0n) is 7.58. The molecule has 0 aliphatic carbocycles. The number of H-pyrrole nitrogens is 1. The van der Waals surface area contributed by atoms with E-state index in [0.29, 0.717) is 16.5 Å². The quantitative estimate of drug-likeness (QED) is 0.705. The monoisotopic (exact) mass is 208 g/mol. The highest BCUT2D eigenvalue weighted by molar-refractivity contribution is 6.32. The van der Waals surface area contributed by atoms with E-state index >= 15 is 0 Å². The van der Waals surface area contributed by atoms with Crippen LogP contribution in [-0.2, 0) is 0 Å². The van der Waals surface area contributed by atoms with Gasteiger partial charge in [0.25, 0.3) is 0 Å². The van der Waals surface area contributed by atoms with Crippen LogP contribution in [0.3, 0.4) is 0 Å². The molecular formula is C9H9ClN4. The first-order valence-electron chi connectivity index (χ1n) is 4.11. The molecule has 2 aromatic heterocycles. The minimum absolute atomic E-state index is 0.431. The second-order valence-corrected chi connectivity index (χ2v) is 3.35. The van der Waals surface area contributed by atoms with Crippen LogP contribution in [-0.4, -0.2) is 15.2 Å². The lowest BCUT2D eigenvalue weighted by Gasteiger charge is -2.02. The molecule has 0 atom stereocenters. The molecule has 14 heavy (non-hydrogen) atoms. The van der Waals surface area contributed by atoms with Gasteiger partial charge >= 0.3 is 0 Å². The number of hydrogen-bond donors (Lipinski definition) is 2. The van der Waals surface area contributed by atoms with Gasteiger partial charge in [-0.25, -0.2) is 4.98 Å². The van der Waals surface area contributed by atoms with Crippen LogP contribution in [0.5, 0.6) is 0 Å². The Balaban J connectivity index is 2.58. The van der Waals surface area contributed by atoms with Gasteiger partial charge in [-0.15, -0.1) is 0 Å². The van der Waals surface area contributed by atoms with E-state index < -0.39 is 0 Å². The molecule has 0 bridgehead atoms. The molecule has 0 unspecified atom stereocenters. The molecular weight excluding hydrogens is 200 g/mol. The molecule has 3 N–H and O–H groups in total. The molecule has 2 rings (SSSR count). The minimum Gasteiger partial charge on any atom is -0.396 e. The van der Waals surface area contributed by atoms with Crippen LogP contribution in [0, 0.1) is 6.92 Å². The van der Waals surface area contributed by atoms with Gasteiger partial charge in [0, 0.05) is 11.3 Å². The maximum absolute atomic E-state index is 5.98. The van der Waals surface area contributed by atoms with Gasteiger partial charge in [-0.1, -0.05) is 11.6 Å². The number of nitrogens with two attached hydrogens (primary N) is 1. The molecule has 0 aliphatic heterocycles. The van der Waals surface area contributed by atoms with Crippen molar-refractivity contribution in [1.82, 2.24) is 15.2 Å².